The molecular formula is C9H14N2O4S. The van der Waals surface area contributed by atoms with Crippen LogP contribution in [0.4, 0.5) is 9.59 Å². The molecule has 0 saturated carbocycles. The summed E-state index contributed by atoms with van der Waals surface area (Å²) in [5, 5.41) is 8.75. The van der Waals surface area contributed by atoms with Crippen molar-refractivity contribution in [2.75, 3.05) is 13.1 Å². The molecule has 1 rings (SSSR count). The second-order valence-electron chi connectivity index (χ2n) is 4.35. The molecule has 90 valence electrons. The zero-order valence-electron chi connectivity index (χ0n) is 9.39. The maximum Gasteiger partial charge on any atom is 0.416 e. The second-order valence-corrected chi connectivity index (χ2v) is 4.71. The lowest BCUT2D eigenvalue weighted by Crippen LogP contribution is -2.40. The van der Waals surface area contributed by atoms with Gasteiger partial charge in [0, 0.05) is 13.1 Å². The first-order valence-electron chi connectivity index (χ1n) is 4.77. The van der Waals surface area contributed by atoms with Crippen molar-refractivity contribution in [3.05, 3.63) is 0 Å². The summed E-state index contributed by atoms with van der Waals surface area (Å²) in [5.41, 5.74) is -0.622. The van der Waals surface area contributed by atoms with Gasteiger partial charge in [-0.25, -0.2) is 9.59 Å². The highest BCUT2D eigenvalue weighted by molar-refractivity contribution is 7.80. The smallest absolute Gasteiger partial charge is 0.416 e. The number of ether oxygens (including phenoxy) is 1. The minimum atomic E-state index is -1.16. The first-order valence-corrected chi connectivity index (χ1v) is 5.18. The number of rotatable bonds is 0. The maximum absolute atomic E-state index is 11.6. The van der Waals surface area contributed by atoms with Gasteiger partial charge in [0.15, 0.2) is 5.11 Å². The minimum absolute atomic E-state index is 0.0262. The van der Waals surface area contributed by atoms with E-state index in [-0.39, 0.29) is 18.2 Å². The summed E-state index contributed by atoms with van der Waals surface area (Å²) in [7, 11) is 0. The first kappa shape index (κ1) is 12.7. The Kier molecular flexibility index (Phi) is 3.37. The van der Waals surface area contributed by atoms with Crippen molar-refractivity contribution in [3.8, 4) is 0 Å². The first-order chi connectivity index (χ1) is 7.22. The van der Waals surface area contributed by atoms with Gasteiger partial charge >= 0.3 is 12.2 Å². The van der Waals surface area contributed by atoms with Gasteiger partial charge in [0.05, 0.1) is 0 Å². The average Bonchev–Trinajstić information content (AvgIpc) is 2.43. The van der Waals surface area contributed by atoms with E-state index in [2.05, 4.69) is 0 Å². The molecule has 6 nitrogen and oxygen atoms in total. The molecule has 0 bridgehead atoms. The van der Waals surface area contributed by atoms with Gasteiger partial charge < -0.3 is 9.84 Å². The molecule has 1 aliphatic heterocycles. The fourth-order valence-electron chi connectivity index (χ4n) is 1.20. The fourth-order valence-corrected chi connectivity index (χ4v) is 1.54. The molecule has 1 fully saturated rings. The third-order valence-corrected chi connectivity index (χ3v) is 2.29. The van der Waals surface area contributed by atoms with E-state index in [9.17, 15) is 9.59 Å². The molecule has 0 atom stereocenters. The van der Waals surface area contributed by atoms with Crippen LogP contribution >= 0.6 is 12.2 Å². The highest BCUT2D eigenvalue weighted by Crippen LogP contribution is 2.15. The third-order valence-electron chi connectivity index (χ3n) is 1.85. The van der Waals surface area contributed by atoms with E-state index in [1.54, 1.807) is 20.8 Å². The van der Waals surface area contributed by atoms with E-state index >= 15 is 0 Å². The van der Waals surface area contributed by atoms with Crippen molar-refractivity contribution in [1.29, 1.82) is 0 Å². The topological polar surface area (TPSA) is 70.1 Å². The zero-order valence-corrected chi connectivity index (χ0v) is 10.2. The molecule has 0 aliphatic carbocycles. The average molecular weight is 246 g/mol. The molecule has 0 aromatic carbocycles. The van der Waals surface area contributed by atoms with Crippen LogP contribution in [-0.2, 0) is 4.74 Å². The lowest BCUT2D eigenvalue weighted by molar-refractivity contribution is 0.0388. The summed E-state index contributed by atoms with van der Waals surface area (Å²) in [6, 6.07) is 0. The van der Waals surface area contributed by atoms with Crippen LogP contribution in [0.1, 0.15) is 20.8 Å². The van der Waals surface area contributed by atoms with Crippen molar-refractivity contribution in [2.24, 2.45) is 0 Å². The van der Waals surface area contributed by atoms with Crippen LogP contribution in [0.15, 0.2) is 0 Å². The van der Waals surface area contributed by atoms with Crippen molar-refractivity contribution < 1.29 is 19.4 Å². The minimum Gasteiger partial charge on any atom is -0.465 e. The van der Waals surface area contributed by atoms with Crippen LogP contribution in [0, 0.1) is 0 Å². The van der Waals surface area contributed by atoms with Gasteiger partial charge in [0.25, 0.3) is 0 Å². The van der Waals surface area contributed by atoms with E-state index in [0.29, 0.717) is 0 Å². The van der Waals surface area contributed by atoms with Crippen LogP contribution in [0.2, 0.25) is 0 Å². The predicted octanol–water partition coefficient (Wildman–Crippen LogP) is 1.50. The van der Waals surface area contributed by atoms with Gasteiger partial charge in [0.1, 0.15) is 5.60 Å². The molecule has 0 radical (unpaired) electrons. The third kappa shape index (κ3) is 2.82. The number of amides is 2. The number of nitrogens with zero attached hydrogens (tertiary/aromatic N) is 2. The van der Waals surface area contributed by atoms with Gasteiger partial charge in [0.2, 0.25) is 0 Å². The SMILES string of the molecule is CC(C)(C)OC(=O)N1CCN(C(=O)O)C1=S. The number of hydrogen-bond acceptors (Lipinski definition) is 4. The molecule has 7 heteroatoms. The van der Waals surface area contributed by atoms with Crippen molar-refractivity contribution >= 4 is 29.5 Å². The van der Waals surface area contributed by atoms with Crippen LogP contribution in [0.5, 0.6) is 0 Å². The van der Waals surface area contributed by atoms with E-state index in [1.807, 2.05) is 0 Å². The molecule has 0 unspecified atom stereocenters. The number of thiocarbonyl (C=S) groups is 1. The van der Waals surface area contributed by atoms with E-state index in [4.69, 9.17) is 22.1 Å². The second kappa shape index (κ2) is 4.25. The molecule has 2 amide bonds. The molecular weight excluding hydrogens is 232 g/mol. The van der Waals surface area contributed by atoms with Crippen molar-refractivity contribution in [1.82, 2.24) is 9.80 Å². The monoisotopic (exact) mass is 246 g/mol. The molecule has 16 heavy (non-hydrogen) atoms. The molecule has 0 spiro atoms. The Morgan fingerprint density at radius 3 is 2.19 bits per heavy atom. The Bertz CT molecular complexity index is 337. The van der Waals surface area contributed by atoms with Crippen LogP contribution in [-0.4, -0.2) is 50.9 Å². The van der Waals surface area contributed by atoms with Gasteiger partial charge in [-0.2, -0.15) is 0 Å². The highest BCUT2D eigenvalue weighted by atomic mass is 32.1. The van der Waals surface area contributed by atoms with E-state index in [0.717, 1.165) is 9.80 Å². The lowest BCUT2D eigenvalue weighted by atomic mass is 10.2. The predicted molar refractivity (Wildman–Crippen MR) is 60.3 cm³/mol. The van der Waals surface area contributed by atoms with E-state index < -0.39 is 17.8 Å². The molecule has 1 heterocycles. The summed E-state index contributed by atoms with van der Waals surface area (Å²) < 4.78 is 5.10. The summed E-state index contributed by atoms with van der Waals surface area (Å²) in [6.07, 6.45) is -1.77. The standard InChI is InChI=1S/C9H14N2O4S/c1-9(2,3)15-8(14)11-5-4-10(6(11)16)7(12)13/h4-5H2,1-3H3,(H,12,13). The molecule has 1 aliphatic rings. The quantitative estimate of drug-likeness (QED) is 0.656. The van der Waals surface area contributed by atoms with Gasteiger partial charge in [-0.3, -0.25) is 9.80 Å². The largest absolute Gasteiger partial charge is 0.465 e. The van der Waals surface area contributed by atoms with E-state index in [1.165, 1.54) is 0 Å². The Morgan fingerprint density at radius 2 is 1.81 bits per heavy atom. The van der Waals surface area contributed by atoms with Crippen LogP contribution in [0.25, 0.3) is 0 Å². The summed E-state index contributed by atoms with van der Waals surface area (Å²) in [4.78, 5) is 24.5. The Hall–Kier alpha value is -1.37. The zero-order chi connectivity index (χ0) is 12.5. The number of carbonyl (C=O) groups is 2. The number of carboxylic acid groups (broad SMARTS) is 1. The lowest BCUT2D eigenvalue weighted by Gasteiger charge is -2.24. The number of hydrogen-bond donors (Lipinski definition) is 1. The molecule has 0 aromatic heterocycles. The summed E-state index contributed by atoms with van der Waals surface area (Å²) in [6.45, 7) is 5.63. The fraction of sp³-hybridized carbons (Fsp3) is 0.667. The van der Waals surface area contributed by atoms with Crippen molar-refractivity contribution in [3.63, 3.8) is 0 Å². The summed E-state index contributed by atoms with van der Waals surface area (Å²) >= 11 is 4.87. The van der Waals surface area contributed by atoms with Gasteiger partial charge in [-0.05, 0) is 33.0 Å². The van der Waals surface area contributed by atoms with Gasteiger partial charge in [-0.15, -0.1) is 0 Å². The maximum atomic E-state index is 11.6. The normalized spacial score (nSPS) is 16.6. The van der Waals surface area contributed by atoms with Gasteiger partial charge in [-0.1, -0.05) is 0 Å². The van der Waals surface area contributed by atoms with Crippen LogP contribution in [0.3, 0.4) is 0 Å². The van der Waals surface area contributed by atoms with Crippen molar-refractivity contribution in [2.45, 2.75) is 26.4 Å². The molecule has 1 saturated heterocycles. The highest BCUT2D eigenvalue weighted by Gasteiger charge is 2.35. The number of carbonyl (C=O) groups excluding carboxylic acids is 1. The van der Waals surface area contributed by atoms with Crippen LogP contribution < -0.4 is 0 Å². The summed E-state index contributed by atoms with van der Waals surface area (Å²) in [5.74, 6) is 0. The Morgan fingerprint density at radius 1 is 1.31 bits per heavy atom. The molecule has 0 aromatic rings. The molecule has 1 N–H and O–H groups in total. The Balaban J connectivity index is 2.67. The Labute approximate surface area is 98.8 Å².